The van der Waals surface area contributed by atoms with Crippen LogP contribution in [-0.2, 0) is 0 Å². The van der Waals surface area contributed by atoms with E-state index in [2.05, 4.69) is 5.16 Å². The van der Waals surface area contributed by atoms with Crippen LogP contribution in [0.5, 0.6) is 0 Å². The molecule has 1 aromatic carbocycles. The smallest absolute Gasteiger partial charge is 0.187 e. The zero-order chi connectivity index (χ0) is 11.0. The molecule has 2 rings (SSSR count). The molecule has 78 valence electrons. The highest BCUT2D eigenvalue weighted by Crippen LogP contribution is 2.33. The maximum Gasteiger partial charge on any atom is 0.187 e. The second-order valence-corrected chi connectivity index (χ2v) is 3.96. The van der Waals surface area contributed by atoms with E-state index < -0.39 is 0 Å². The zero-order valence-corrected chi connectivity index (χ0v) is 9.43. The summed E-state index contributed by atoms with van der Waals surface area (Å²) in [5, 5.41) is 4.61. The fraction of sp³-hybridized carbons (Fsp3) is 0.100. The minimum absolute atomic E-state index is 0.194. The highest BCUT2D eigenvalue weighted by atomic mass is 35.5. The minimum Gasteiger partial charge on any atom is -0.380 e. The lowest BCUT2D eigenvalue weighted by molar-refractivity contribution is 0.436. The van der Waals surface area contributed by atoms with Crippen molar-refractivity contribution in [3.8, 4) is 11.3 Å². The van der Waals surface area contributed by atoms with Crippen LogP contribution < -0.4 is 5.73 Å². The van der Waals surface area contributed by atoms with Crippen LogP contribution >= 0.6 is 23.2 Å². The third kappa shape index (κ3) is 1.80. The van der Waals surface area contributed by atoms with E-state index in [1.807, 2.05) is 13.0 Å². The Bertz CT molecular complexity index is 508. The van der Waals surface area contributed by atoms with E-state index in [0.717, 1.165) is 11.1 Å². The number of nitrogens with two attached hydrogens (primary N) is 1. The highest BCUT2D eigenvalue weighted by molar-refractivity contribution is 6.35. The number of anilines is 1. The van der Waals surface area contributed by atoms with Gasteiger partial charge in [0.1, 0.15) is 5.02 Å². The van der Waals surface area contributed by atoms with Gasteiger partial charge in [0.05, 0.1) is 0 Å². The molecule has 0 aliphatic rings. The predicted octanol–water partition coefficient (Wildman–Crippen LogP) is 3.54. The van der Waals surface area contributed by atoms with Gasteiger partial charge in [0.25, 0.3) is 0 Å². The van der Waals surface area contributed by atoms with Gasteiger partial charge in [-0.05, 0) is 30.7 Å². The lowest BCUT2D eigenvalue weighted by Crippen LogP contribution is -1.83. The fourth-order valence-corrected chi connectivity index (χ4v) is 1.55. The first-order valence-corrected chi connectivity index (χ1v) is 5.02. The molecule has 1 heterocycles. The Morgan fingerprint density at radius 1 is 1.33 bits per heavy atom. The first-order valence-electron chi connectivity index (χ1n) is 4.26. The summed E-state index contributed by atoms with van der Waals surface area (Å²) in [7, 11) is 0. The number of halogens is 2. The van der Waals surface area contributed by atoms with Crippen molar-refractivity contribution in [2.24, 2.45) is 0 Å². The third-order valence-corrected chi connectivity index (χ3v) is 2.87. The van der Waals surface area contributed by atoms with E-state index in [-0.39, 0.29) is 5.82 Å². The van der Waals surface area contributed by atoms with Gasteiger partial charge in [-0.1, -0.05) is 28.4 Å². The molecule has 0 radical (unpaired) electrons. The molecule has 3 nitrogen and oxygen atoms in total. The maximum atomic E-state index is 5.92. The van der Waals surface area contributed by atoms with Crippen molar-refractivity contribution in [2.45, 2.75) is 6.92 Å². The monoisotopic (exact) mass is 242 g/mol. The van der Waals surface area contributed by atoms with E-state index in [0.29, 0.717) is 15.8 Å². The summed E-state index contributed by atoms with van der Waals surface area (Å²) < 4.78 is 5.03. The molecule has 0 unspecified atom stereocenters. The summed E-state index contributed by atoms with van der Waals surface area (Å²) in [5.74, 6) is 0.660. The van der Waals surface area contributed by atoms with Crippen molar-refractivity contribution >= 4 is 29.0 Å². The number of aryl methyl sites for hydroxylation is 1. The van der Waals surface area contributed by atoms with Gasteiger partial charge in [0.15, 0.2) is 11.6 Å². The maximum absolute atomic E-state index is 5.92. The summed E-state index contributed by atoms with van der Waals surface area (Å²) in [5.41, 5.74) is 7.24. The summed E-state index contributed by atoms with van der Waals surface area (Å²) >= 11 is 11.8. The van der Waals surface area contributed by atoms with Gasteiger partial charge in [-0.15, -0.1) is 0 Å². The number of benzene rings is 1. The molecule has 0 saturated heterocycles. The zero-order valence-electron chi connectivity index (χ0n) is 7.92. The summed E-state index contributed by atoms with van der Waals surface area (Å²) in [6, 6.07) is 5.45. The largest absolute Gasteiger partial charge is 0.380 e. The van der Waals surface area contributed by atoms with Crippen LogP contribution in [-0.4, -0.2) is 5.16 Å². The Balaban J connectivity index is 2.55. The predicted molar refractivity (Wildman–Crippen MR) is 61.1 cm³/mol. The molecule has 2 N–H and O–H groups in total. The van der Waals surface area contributed by atoms with E-state index in [1.165, 1.54) is 0 Å². The number of nitrogens with zero attached hydrogens (tertiary/aromatic N) is 1. The molecule has 0 aliphatic carbocycles. The number of nitrogen functional groups attached to an aromatic ring is 1. The van der Waals surface area contributed by atoms with Crippen LogP contribution in [0, 0.1) is 6.92 Å². The van der Waals surface area contributed by atoms with Gasteiger partial charge in [-0.2, -0.15) is 0 Å². The molecule has 2 aromatic rings. The van der Waals surface area contributed by atoms with Gasteiger partial charge in [-0.3, -0.25) is 0 Å². The molecule has 0 bridgehead atoms. The Hall–Kier alpha value is -1.19. The van der Waals surface area contributed by atoms with Gasteiger partial charge < -0.3 is 10.3 Å². The Labute approximate surface area is 96.8 Å². The number of aromatic nitrogens is 1. The third-order valence-electron chi connectivity index (χ3n) is 2.08. The lowest BCUT2D eigenvalue weighted by atomic mass is 10.1. The molecule has 0 fully saturated rings. The van der Waals surface area contributed by atoms with Crippen LogP contribution in [0.15, 0.2) is 22.7 Å². The van der Waals surface area contributed by atoms with Gasteiger partial charge in [0.2, 0.25) is 0 Å². The minimum atomic E-state index is 0.194. The van der Waals surface area contributed by atoms with E-state index in [9.17, 15) is 0 Å². The molecule has 0 saturated carbocycles. The van der Waals surface area contributed by atoms with Gasteiger partial charge in [0, 0.05) is 10.6 Å². The number of hydrogen-bond donors (Lipinski definition) is 1. The van der Waals surface area contributed by atoms with Crippen molar-refractivity contribution in [3.05, 3.63) is 33.8 Å². The SMILES string of the molecule is Cc1cc(-c2onc(N)c2Cl)ccc1Cl. The number of rotatable bonds is 1. The molecule has 0 aliphatic heterocycles. The molecule has 0 amide bonds. The average molecular weight is 243 g/mol. The summed E-state index contributed by atoms with van der Waals surface area (Å²) in [6.07, 6.45) is 0. The van der Waals surface area contributed by atoms with Crippen molar-refractivity contribution in [2.75, 3.05) is 5.73 Å². The molecule has 0 spiro atoms. The topological polar surface area (TPSA) is 52.0 Å². The Kier molecular flexibility index (Phi) is 2.59. The lowest BCUT2D eigenvalue weighted by Gasteiger charge is -2.00. The normalized spacial score (nSPS) is 10.6. The molecule has 0 atom stereocenters. The molecule has 15 heavy (non-hydrogen) atoms. The highest BCUT2D eigenvalue weighted by Gasteiger charge is 2.13. The van der Waals surface area contributed by atoms with Crippen molar-refractivity contribution in [1.29, 1.82) is 0 Å². The molecular formula is C10H8Cl2N2O. The average Bonchev–Trinajstić information content (AvgIpc) is 2.53. The summed E-state index contributed by atoms with van der Waals surface area (Å²) in [4.78, 5) is 0. The van der Waals surface area contributed by atoms with Gasteiger partial charge >= 0.3 is 0 Å². The van der Waals surface area contributed by atoms with E-state index >= 15 is 0 Å². The first kappa shape index (κ1) is 10.3. The molecular weight excluding hydrogens is 235 g/mol. The quantitative estimate of drug-likeness (QED) is 0.833. The Morgan fingerprint density at radius 3 is 2.60 bits per heavy atom. The van der Waals surface area contributed by atoms with Crippen LogP contribution in [0.3, 0.4) is 0 Å². The number of hydrogen-bond acceptors (Lipinski definition) is 3. The standard InChI is InChI=1S/C10H8Cl2N2O/c1-5-4-6(2-3-7(5)11)9-8(12)10(13)14-15-9/h2-4H,1H3,(H2,13,14). The van der Waals surface area contributed by atoms with Crippen LogP contribution in [0.25, 0.3) is 11.3 Å². The Morgan fingerprint density at radius 2 is 2.07 bits per heavy atom. The van der Waals surface area contributed by atoms with Gasteiger partial charge in [-0.25, -0.2) is 0 Å². The fourth-order valence-electron chi connectivity index (χ4n) is 1.26. The molecule has 5 heteroatoms. The van der Waals surface area contributed by atoms with Crippen LogP contribution in [0.4, 0.5) is 5.82 Å². The van der Waals surface area contributed by atoms with Crippen molar-refractivity contribution in [1.82, 2.24) is 5.16 Å². The van der Waals surface area contributed by atoms with Crippen LogP contribution in [0.2, 0.25) is 10.0 Å². The second kappa shape index (κ2) is 3.76. The van der Waals surface area contributed by atoms with Crippen LogP contribution in [0.1, 0.15) is 5.56 Å². The summed E-state index contributed by atoms with van der Waals surface area (Å²) in [6.45, 7) is 1.90. The molecule has 1 aromatic heterocycles. The second-order valence-electron chi connectivity index (χ2n) is 3.17. The van der Waals surface area contributed by atoms with Crippen molar-refractivity contribution < 1.29 is 4.52 Å². The van der Waals surface area contributed by atoms with E-state index in [4.69, 9.17) is 33.5 Å². The van der Waals surface area contributed by atoms with Crippen molar-refractivity contribution in [3.63, 3.8) is 0 Å². The van der Waals surface area contributed by atoms with E-state index in [1.54, 1.807) is 12.1 Å². The first-order chi connectivity index (χ1) is 7.09.